The Bertz CT molecular complexity index is 399. The average molecular weight is 316 g/mol. The van der Waals surface area contributed by atoms with Crippen molar-refractivity contribution in [2.45, 2.75) is 25.9 Å². The normalized spacial score (nSPS) is 17.9. The smallest absolute Gasteiger partial charge is 0.123 e. The zero-order valence-corrected chi connectivity index (χ0v) is 12.2. The monoisotopic (exact) mass is 315 g/mol. The Morgan fingerprint density at radius 2 is 2.33 bits per heavy atom. The van der Waals surface area contributed by atoms with Gasteiger partial charge in [-0.15, -0.1) is 0 Å². The molecule has 1 atom stereocenters. The third kappa shape index (κ3) is 3.45. The lowest BCUT2D eigenvalue weighted by Gasteiger charge is -2.23. The number of rotatable bonds is 6. The quantitative estimate of drug-likeness (QED) is 0.747. The Morgan fingerprint density at radius 3 is 3.06 bits per heavy atom. The lowest BCUT2D eigenvalue weighted by Crippen LogP contribution is -2.35. The van der Waals surface area contributed by atoms with Crippen molar-refractivity contribution in [1.29, 1.82) is 0 Å². The molecule has 100 valence electrons. The minimum absolute atomic E-state index is 0.164. The molecule has 1 aromatic carbocycles. The first-order valence-corrected chi connectivity index (χ1v) is 7.58. The first-order valence-electron chi connectivity index (χ1n) is 6.46. The van der Waals surface area contributed by atoms with Gasteiger partial charge in [0.15, 0.2) is 0 Å². The molecule has 0 N–H and O–H groups in total. The van der Waals surface area contributed by atoms with E-state index >= 15 is 0 Å². The van der Waals surface area contributed by atoms with Crippen LogP contribution in [0.4, 0.5) is 4.39 Å². The van der Waals surface area contributed by atoms with E-state index in [9.17, 15) is 4.39 Å². The second-order valence-corrected chi connectivity index (χ2v) is 5.42. The molecule has 1 aliphatic rings. The third-order valence-corrected chi connectivity index (χ3v) is 3.84. The number of hydrogen-bond donors (Lipinski definition) is 0. The van der Waals surface area contributed by atoms with E-state index in [1.807, 2.05) is 0 Å². The van der Waals surface area contributed by atoms with Gasteiger partial charge in [-0.1, -0.05) is 22.9 Å². The highest BCUT2D eigenvalue weighted by Gasteiger charge is 2.24. The van der Waals surface area contributed by atoms with Gasteiger partial charge in [0.25, 0.3) is 0 Å². The molecule has 0 radical (unpaired) electrons. The molecule has 0 spiro atoms. The highest BCUT2D eigenvalue weighted by Crippen LogP contribution is 2.29. The van der Waals surface area contributed by atoms with Crippen LogP contribution in [0.2, 0.25) is 0 Å². The summed E-state index contributed by atoms with van der Waals surface area (Å²) >= 11 is 3.45. The lowest BCUT2D eigenvalue weighted by atomic mass is 10.1. The molecule has 1 aliphatic heterocycles. The Morgan fingerprint density at radius 1 is 1.50 bits per heavy atom. The Labute approximate surface area is 116 Å². The molecule has 1 heterocycles. The zero-order chi connectivity index (χ0) is 13.0. The standard InChI is InChI=1S/C14H19BrFNO/c1-2-17(7-3-6-15)10-13-9-11-8-12(16)4-5-14(11)18-13/h4-5,8,13H,2-3,6-7,9-10H2,1H3. The summed E-state index contributed by atoms with van der Waals surface area (Å²) in [5.41, 5.74) is 0.997. The van der Waals surface area contributed by atoms with Gasteiger partial charge in [0, 0.05) is 23.9 Å². The summed E-state index contributed by atoms with van der Waals surface area (Å²) in [6, 6.07) is 4.78. The van der Waals surface area contributed by atoms with Crippen LogP contribution in [0.15, 0.2) is 18.2 Å². The Balaban J connectivity index is 1.90. The van der Waals surface area contributed by atoms with E-state index in [4.69, 9.17) is 4.74 Å². The van der Waals surface area contributed by atoms with Gasteiger partial charge in [0.05, 0.1) is 0 Å². The van der Waals surface area contributed by atoms with E-state index in [2.05, 4.69) is 27.8 Å². The Kier molecular flexibility index (Phi) is 5.01. The summed E-state index contributed by atoms with van der Waals surface area (Å²) in [7, 11) is 0. The molecule has 1 unspecified atom stereocenters. The van der Waals surface area contributed by atoms with Gasteiger partial charge in [0.2, 0.25) is 0 Å². The maximum absolute atomic E-state index is 13.1. The lowest BCUT2D eigenvalue weighted by molar-refractivity contribution is 0.155. The van der Waals surface area contributed by atoms with Gasteiger partial charge in [0.1, 0.15) is 17.7 Å². The number of benzene rings is 1. The van der Waals surface area contributed by atoms with Crippen molar-refractivity contribution in [2.75, 3.05) is 25.0 Å². The number of halogens is 2. The van der Waals surface area contributed by atoms with E-state index in [-0.39, 0.29) is 11.9 Å². The van der Waals surface area contributed by atoms with E-state index in [1.54, 1.807) is 12.1 Å². The van der Waals surface area contributed by atoms with Gasteiger partial charge in [-0.2, -0.15) is 0 Å². The minimum atomic E-state index is -0.176. The van der Waals surface area contributed by atoms with Crippen LogP contribution in [0.3, 0.4) is 0 Å². The molecule has 2 rings (SSSR count). The number of alkyl halides is 1. The summed E-state index contributed by atoms with van der Waals surface area (Å²) in [4.78, 5) is 2.38. The predicted octanol–water partition coefficient (Wildman–Crippen LogP) is 3.24. The van der Waals surface area contributed by atoms with Crippen molar-refractivity contribution in [3.63, 3.8) is 0 Å². The first-order chi connectivity index (χ1) is 8.72. The molecule has 0 saturated carbocycles. The topological polar surface area (TPSA) is 12.5 Å². The second kappa shape index (κ2) is 6.53. The number of likely N-dealkylation sites (N-methyl/N-ethyl adjacent to an activating group) is 1. The van der Waals surface area contributed by atoms with Crippen LogP contribution >= 0.6 is 15.9 Å². The second-order valence-electron chi connectivity index (χ2n) is 4.63. The molecule has 0 aliphatic carbocycles. The van der Waals surface area contributed by atoms with Gasteiger partial charge in [-0.25, -0.2) is 4.39 Å². The van der Waals surface area contributed by atoms with Crippen LogP contribution in [0.25, 0.3) is 0 Å². The van der Waals surface area contributed by atoms with Gasteiger partial charge < -0.3 is 4.74 Å². The Hall–Kier alpha value is -0.610. The van der Waals surface area contributed by atoms with Crippen LogP contribution in [-0.4, -0.2) is 36.0 Å². The molecule has 18 heavy (non-hydrogen) atoms. The number of fused-ring (bicyclic) bond motifs is 1. The van der Waals surface area contributed by atoms with E-state index < -0.39 is 0 Å². The molecule has 1 aromatic rings. The maximum atomic E-state index is 13.1. The number of hydrogen-bond acceptors (Lipinski definition) is 2. The molecule has 4 heteroatoms. The van der Waals surface area contributed by atoms with E-state index in [0.717, 1.165) is 49.1 Å². The first kappa shape index (κ1) is 13.8. The molecule has 0 aromatic heterocycles. The van der Waals surface area contributed by atoms with Gasteiger partial charge in [-0.05, 0) is 37.7 Å². The van der Waals surface area contributed by atoms with Crippen LogP contribution in [0.1, 0.15) is 18.9 Å². The fraction of sp³-hybridized carbons (Fsp3) is 0.571. The van der Waals surface area contributed by atoms with Crippen molar-refractivity contribution in [3.05, 3.63) is 29.6 Å². The minimum Gasteiger partial charge on any atom is -0.488 e. The molecule has 0 fully saturated rings. The molecule has 0 amide bonds. The van der Waals surface area contributed by atoms with Crippen LogP contribution in [0.5, 0.6) is 5.75 Å². The fourth-order valence-corrected chi connectivity index (χ4v) is 2.59. The summed E-state index contributed by atoms with van der Waals surface area (Å²) < 4.78 is 19.0. The fourth-order valence-electron chi connectivity index (χ4n) is 2.34. The summed E-state index contributed by atoms with van der Waals surface area (Å²) in [5.74, 6) is 0.669. The largest absolute Gasteiger partial charge is 0.488 e. The number of nitrogens with zero attached hydrogens (tertiary/aromatic N) is 1. The van der Waals surface area contributed by atoms with Crippen molar-refractivity contribution in [1.82, 2.24) is 4.90 Å². The summed E-state index contributed by atoms with van der Waals surface area (Å²) in [5, 5.41) is 1.03. The molecule has 2 nitrogen and oxygen atoms in total. The summed E-state index contributed by atoms with van der Waals surface area (Å²) in [6.45, 7) is 5.18. The maximum Gasteiger partial charge on any atom is 0.123 e. The highest BCUT2D eigenvalue weighted by molar-refractivity contribution is 9.09. The van der Waals surface area contributed by atoms with Crippen molar-refractivity contribution < 1.29 is 9.13 Å². The predicted molar refractivity (Wildman–Crippen MR) is 75.0 cm³/mol. The molecule has 0 saturated heterocycles. The zero-order valence-electron chi connectivity index (χ0n) is 10.7. The highest BCUT2D eigenvalue weighted by atomic mass is 79.9. The van der Waals surface area contributed by atoms with Crippen LogP contribution in [0, 0.1) is 5.82 Å². The SMILES string of the molecule is CCN(CCCBr)CC1Cc2cc(F)ccc2O1. The van der Waals surface area contributed by atoms with E-state index in [0.29, 0.717) is 0 Å². The number of ether oxygens (including phenoxy) is 1. The molecular weight excluding hydrogens is 297 g/mol. The van der Waals surface area contributed by atoms with Crippen molar-refractivity contribution in [3.8, 4) is 5.75 Å². The molecule has 0 bridgehead atoms. The third-order valence-electron chi connectivity index (χ3n) is 3.28. The van der Waals surface area contributed by atoms with Crippen LogP contribution in [-0.2, 0) is 6.42 Å². The van der Waals surface area contributed by atoms with Crippen molar-refractivity contribution >= 4 is 15.9 Å². The van der Waals surface area contributed by atoms with Gasteiger partial charge >= 0.3 is 0 Å². The average Bonchev–Trinajstić information content (AvgIpc) is 2.75. The summed E-state index contributed by atoms with van der Waals surface area (Å²) in [6.07, 6.45) is 2.12. The van der Waals surface area contributed by atoms with Crippen molar-refractivity contribution in [2.24, 2.45) is 0 Å². The van der Waals surface area contributed by atoms with Gasteiger partial charge in [-0.3, -0.25) is 4.90 Å². The van der Waals surface area contributed by atoms with Crippen LogP contribution < -0.4 is 4.74 Å². The molecular formula is C14H19BrFNO. The van der Waals surface area contributed by atoms with E-state index in [1.165, 1.54) is 6.07 Å².